The molecule has 110 valence electrons. The van der Waals surface area contributed by atoms with Crippen molar-refractivity contribution in [3.8, 4) is 6.07 Å². The highest BCUT2D eigenvalue weighted by atomic mass is 19.1. The molecular formula is C17H25FN2. The molecule has 0 bridgehead atoms. The van der Waals surface area contributed by atoms with Crippen molar-refractivity contribution in [3.05, 3.63) is 35.6 Å². The summed E-state index contributed by atoms with van der Waals surface area (Å²) in [6.07, 6.45) is 2.74. The molecule has 1 aromatic carbocycles. The maximum Gasteiger partial charge on any atom is 0.123 e. The van der Waals surface area contributed by atoms with Gasteiger partial charge in [-0.15, -0.1) is 0 Å². The van der Waals surface area contributed by atoms with E-state index in [4.69, 9.17) is 5.26 Å². The summed E-state index contributed by atoms with van der Waals surface area (Å²) in [7, 11) is 0. The lowest BCUT2D eigenvalue weighted by Crippen LogP contribution is -2.38. The van der Waals surface area contributed by atoms with Crippen LogP contribution in [0.5, 0.6) is 0 Å². The van der Waals surface area contributed by atoms with Gasteiger partial charge in [-0.2, -0.15) is 5.26 Å². The predicted molar refractivity (Wildman–Crippen MR) is 80.6 cm³/mol. The van der Waals surface area contributed by atoms with Crippen LogP contribution in [0.1, 0.15) is 45.6 Å². The first-order chi connectivity index (χ1) is 9.61. The van der Waals surface area contributed by atoms with Crippen molar-refractivity contribution in [3.63, 3.8) is 0 Å². The fourth-order valence-corrected chi connectivity index (χ4v) is 2.51. The monoisotopic (exact) mass is 276 g/mol. The number of likely N-dealkylation sites (tertiary alicyclic amines) is 1. The van der Waals surface area contributed by atoms with Crippen molar-refractivity contribution in [1.29, 1.82) is 5.26 Å². The minimum absolute atomic E-state index is 0.168. The third-order valence-corrected chi connectivity index (χ3v) is 3.86. The molecular weight excluding hydrogens is 251 g/mol. The molecule has 0 saturated carbocycles. The molecule has 0 aromatic heterocycles. The minimum atomic E-state index is -0.168. The molecule has 2 nitrogen and oxygen atoms in total. The second-order valence-corrected chi connectivity index (χ2v) is 5.55. The lowest BCUT2D eigenvalue weighted by atomic mass is 9.78. The number of nitriles is 1. The van der Waals surface area contributed by atoms with Gasteiger partial charge in [0.05, 0.1) is 6.07 Å². The largest absolute Gasteiger partial charge is 0.299 e. The second-order valence-electron chi connectivity index (χ2n) is 5.55. The Morgan fingerprint density at radius 1 is 1.30 bits per heavy atom. The van der Waals surface area contributed by atoms with Crippen molar-refractivity contribution in [2.45, 2.75) is 46.6 Å². The summed E-state index contributed by atoms with van der Waals surface area (Å²) >= 11 is 0. The van der Waals surface area contributed by atoms with Crippen LogP contribution in [-0.4, -0.2) is 18.0 Å². The molecule has 20 heavy (non-hydrogen) atoms. The summed E-state index contributed by atoms with van der Waals surface area (Å²) in [6.45, 7) is 8.99. The van der Waals surface area contributed by atoms with E-state index in [1.807, 2.05) is 19.9 Å². The summed E-state index contributed by atoms with van der Waals surface area (Å²) in [5, 5.41) is 8.81. The molecule has 0 amide bonds. The van der Waals surface area contributed by atoms with Crippen LogP contribution in [0.4, 0.5) is 4.39 Å². The van der Waals surface area contributed by atoms with Gasteiger partial charge in [0.25, 0.3) is 0 Å². The number of halogens is 1. The van der Waals surface area contributed by atoms with Crippen LogP contribution in [0.15, 0.2) is 24.3 Å². The number of hydrogen-bond acceptors (Lipinski definition) is 2. The molecule has 1 fully saturated rings. The Balaban J connectivity index is 0.000000956. The lowest BCUT2D eigenvalue weighted by molar-refractivity contribution is 0.116. The lowest BCUT2D eigenvalue weighted by Gasteiger charge is -2.38. The zero-order chi connectivity index (χ0) is 15.0. The molecule has 1 saturated heterocycles. The Bertz CT molecular complexity index is 443. The molecule has 0 radical (unpaired) electrons. The van der Waals surface area contributed by atoms with Gasteiger partial charge in [0.1, 0.15) is 5.82 Å². The average molecular weight is 276 g/mol. The molecule has 0 spiro atoms. The Morgan fingerprint density at radius 2 is 1.95 bits per heavy atom. The van der Waals surface area contributed by atoms with Crippen LogP contribution in [0.2, 0.25) is 0 Å². The van der Waals surface area contributed by atoms with Crippen LogP contribution in [0, 0.1) is 22.6 Å². The quantitative estimate of drug-likeness (QED) is 0.819. The van der Waals surface area contributed by atoms with E-state index >= 15 is 0 Å². The fourth-order valence-electron chi connectivity index (χ4n) is 2.51. The van der Waals surface area contributed by atoms with E-state index < -0.39 is 0 Å². The van der Waals surface area contributed by atoms with Gasteiger partial charge in [-0.25, -0.2) is 4.39 Å². The second kappa shape index (κ2) is 8.01. The molecule has 2 rings (SSSR count). The van der Waals surface area contributed by atoms with Crippen LogP contribution in [0.3, 0.4) is 0 Å². The third kappa shape index (κ3) is 4.94. The number of benzene rings is 1. The first kappa shape index (κ1) is 16.7. The standard InChI is InChI=1S/C15H19FN2.C2H6/c1-15(5-8-17)6-9-18(10-7-15)12-13-3-2-4-14(16)11-13;1-2/h2-4,11H,5-7,9-10,12H2,1H3;1-2H3. The number of rotatable bonds is 3. The van der Waals surface area contributed by atoms with Crippen LogP contribution < -0.4 is 0 Å². The number of piperidine rings is 1. The van der Waals surface area contributed by atoms with E-state index in [1.54, 1.807) is 12.1 Å². The van der Waals surface area contributed by atoms with Crippen molar-refractivity contribution in [2.75, 3.05) is 13.1 Å². The molecule has 1 aliphatic heterocycles. The fraction of sp³-hybridized carbons (Fsp3) is 0.588. The zero-order valence-corrected chi connectivity index (χ0v) is 12.8. The van der Waals surface area contributed by atoms with Crippen molar-refractivity contribution >= 4 is 0 Å². The van der Waals surface area contributed by atoms with E-state index in [0.717, 1.165) is 38.0 Å². The maximum atomic E-state index is 13.1. The van der Waals surface area contributed by atoms with E-state index in [1.165, 1.54) is 6.07 Å². The van der Waals surface area contributed by atoms with Gasteiger partial charge in [0, 0.05) is 13.0 Å². The molecule has 0 aliphatic carbocycles. The highest BCUT2D eigenvalue weighted by Gasteiger charge is 2.29. The van der Waals surface area contributed by atoms with Gasteiger partial charge < -0.3 is 0 Å². The highest BCUT2D eigenvalue weighted by molar-refractivity contribution is 5.16. The van der Waals surface area contributed by atoms with Gasteiger partial charge in [-0.05, 0) is 49.0 Å². The smallest absolute Gasteiger partial charge is 0.123 e. The van der Waals surface area contributed by atoms with Crippen LogP contribution in [0.25, 0.3) is 0 Å². The molecule has 1 heterocycles. The zero-order valence-electron chi connectivity index (χ0n) is 12.8. The van der Waals surface area contributed by atoms with E-state index in [-0.39, 0.29) is 11.2 Å². The molecule has 0 unspecified atom stereocenters. The van der Waals surface area contributed by atoms with E-state index in [2.05, 4.69) is 17.9 Å². The van der Waals surface area contributed by atoms with Gasteiger partial charge >= 0.3 is 0 Å². The van der Waals surface area contributed by atoms with Crippen LogP contribution >= 0.6 is 0 Å². The topological polar surface area (TPSA) is 27.0 Å². The van der Waals surface area contributed by atoms with Crippen LogP contribution in [-0.2, 0) is 6.54 Å². The number of hydrogen-bond donors (Lipinski definition) is 0. The predicted octanol–water partition coefficient (Wildman–Crippen LogP) is 4.37. The molecule has 1 aromatic rings. The molecule has 0 N–H and O–H groups in total. The van der Waals surface area contributed by atoms with Gasteiger partial charge in [-0.1, -0.05) is 32.9 Å². The van der Waals surface area contributed by atoms with Gasteiger partial charge in [0.2, 0.25) is 0 Å². The van der Waals surface area contributed by atoms with Gasteiger partial charge in [-0.3, -0.25) is 4.90 Å². The normalized spacial score (nSPS) is 17.8. The summed E-state index contributed by atoms with van der Waals surface area (Å²) in [5.41, 5.74) is 1.20. The first-order valence-corrected chi connectivity index (χ1v) is 7.45. The maximum absolute atomic E-state index is 13.1. The SMILES string of the molecule is CC.CC1(CC#N)CCN(Cc2cccc(F)c2)CC1. The highest BCUT2D eigenvalue weighted by Crippen LogP contribution is 2.34. The van der Waals surface area contributed by atoms with Crippen molar-refractivity contribution in [1.82, 2.24) is 4.90 Å². The van der Waals surface area contributed by atoms with E-state index in [9.17, 15) is 4.39 Å². The molecule has 1 aliphatic rings. The Labute approximate surface area is 122 Å². The van der Waals surface area contributed by atoms with Crippen molar-refractivity contribution < 1.29 is 4.39 Å². The molecule has 0 atom stereocenters. The molecule has 3 heteroatoms. The summed E-state index contributed by atoms with van der Waals surface area (Å²) in [4.78, 5) is 2.34. The minimum Gasteiger partial charge on any atom is -0.299 e. The summed E-state index contributed by atoms with van der Waals surface area (Å²) < 4.78 is 13.1. The van der Waals surface area contributed by atoms with E-state index in [0.29, 0.717) is 6.42 Å². The number of nitrogens with zero attached hydrogens (tertiary/aromatic N) is 2. The summed E-state index contributed by atoms with van der Waals surface area (Å²) in [6, 6.07) is 9.08. The third-order valence-electron chi connectivity index (χ3n) is 3.86. The Hall–Kier alpha value is -1.40. The van der Waals surface area contributed by atoms with Gasteiger partial charge in [0.15, 0.2) is 0 Å². The average Bonchev–Trinajstić information content (AvgIpc) is 2.44. The Morgan fingerprint density at radius 3 is 2.50 bits per heavy atom. The Kier molecular flexibility index (Phi) is 6.67. The first-order valence-electron chi connectivity index (χ1n) is 7.45. The summed E-state index contributed by atoms with van der Waals surface area (Å²) in [5.74, 6) is -0.168. The van der Waals surface area contributed by atoms with Crippen molar-refractivity contribution in [2.24, 2.45) is 5.41 Å².